The van der Waals surface area contributed by atoms with Gasteiger partial charge in [0.1, 0.15) is 11.2 Å². The molecule has 3 heterocycles. The molecule has 0 unspecified atom stereocenters. The van der Waals surface area contributed by atoms with Gasteiger partial charge < -0.3 is 8.98 Å². The number of rotatable bonds is 3. The largest absolute Gasteiger partial charge is 0.456 e. The first-order chi connectivity index (χ1) is 22.8. The normalized spacial score (nSPS) is 11.9. The lowest BCUT2D eigenvalue weighted by Crippen LogP contribution is -1.94. The average molecular weight is 587 g/mol. The maximum absolute atomic E-state index is 6.45. The Balaban J connectivity index is 1.23. The molecule has 0 aliphatic heterocycles. The fourth-order valence-corrected chi connectivity index (χ4v) is 7.40. The highest BCUT2D eigenvalue weighted by atomic mass is 16.3. The molecule has 7 aromatic carbocycles. The van der Waals surface area contributed by atoms with Gasteiger partial charge in [0.15, 0.2) is 0 Å². The highest BCUT2D eigenvalue weighted by Gasteiger charge is 2.19. The lowest BCUT2D eigenvalue weighted by molar-refractivity contribution is 0.669. The molecule has 0 spiro atoms. The smallest absolute Gasteiger partial charge is 0.136 e. The van der Waals surface area contributed by atoms with Gasteiger partial charge in [-0.3, -0.25) is 4.98 Å². The zero-order chi connectivity index (χ0) is 30.2. The summed E-state index contributed by atoms with van der Waals surface area (Å²) in [6.45, 7) is 0. The summed E-state index contributed by atoms with van der Waals surface area (Å²) >= 11 is 0. The number of para-hydroxylation sites is 4. The van der Waals surface area contributed by atoms with Crippen molar-refractivity contribution in [1.29, 1.82) is 0 Å². The molecule has 3 aromatic heterocycles. The molecule has 46 heavy (non-hydrogen) atoms. The molecular formula is C43H26N2O. The molecule has 10 rings (SSSR count). The van der Waals surface area contributed by atoms with Gasteiger partial charge in [0, 0.05) is 55.2 Å². The van der Waals surface area contributed by atoms with Crippen molar-refractivity contribution in [3.8, 4) is 27.9 Å². The second-order valence-corrected chi connectivity index (χ2v) is 12.0. The van der Waals surface area contributed by atoms with Crippen LogP contribution in [0.4, 0.5) is 0 Å². The lowest BCUT2D eigenvalue weighted by atomic mass is 9.90. The monoisotopic (exact) mass is 586 g/mol. The highest BCUT2D eigenvalue weighted by Crippen LogP contribution is 2.44. The maximum atomic E-state index is 6.45. The fourth-order valence-electron chi connectivity index (χ4n) is 7.40. The van der Waals surface area contributed by atoms with Gasteiger partial charge in [0.25, 0.3) is 0 Å². The lowest BCUT2D eigenvalue weighted by Gasteiger charge is -2.14. The molecule has 0 aliphatic carbocycles. The standard InChI is InChI=1S/C43H26N2O/c1-5-19-36-34(17-1)41-30(26-44-36)25-40-43(35-18-4-8-22-39(35)46-40)42(41)29-13-9-11-27(23-29)28-12-10-14-31(24-28)45-37-20-6-2-15-32(37)33-16-3-7-21-38(33)45/h1-26H. The summed E-state index contributed by atoms with van der Waals surface area (Å²) in [7, 11) is 0. The first-order valence-corrected chi connectivity index (χ1v) is 15.6. The molecule has 0 amide bonds. The van der Waals surface area contributed by atoms with E-state index in [2.05, 4.69) is 150 Å². The van der Waals surface area contributed by atoms with Crippen LogP contribution in [0.1, 0.15) is 0 Å². The number of pyridine rings is 1. The second-order valence-electron chi connectivity index (χ2n) is 12.0. The summed E-state index contributed by atoms with van der Waals surface area (Å²) in [5.74, 6) is 0. The van der Waals surface area contributed by atoms with Gasteiger partial charge >= 0.3 is 0 Å². The number of nitrogens with zero attached hydrogens (tertiary/aromatic N) is 2. The third-order valence-electron chi connectivity index (χ3n) is 9.38. The minimum absolute atomic E-state index is 0.875. The minimum atomic E-state index is 0.875. The summed E-state index contributed by atoms with van der Waals surface area (Å²) in [6.07, 6.45) is 1.98. The second kappa shape index (κ2) is 9.65. The average Bonchev–Trinajstić information content (AvgIpc) is 3.66. The fraction of sp³-hybridized carbons (Fsp3) is 0. The van der Waals surface area contributed by atoms with Crippen molar-refractivity contribution in [3.63, 3.8) is 0 Å². The van der Waals surface area contributed by atoms with E-state index in [1.165, 1.54) is 38.3 Å². The zero-order valence-corrected chi connectivity index (χ0v) is 24.8. The van der Waals surface area contributed by atoms with E-state index in [0.717, 1.165) is 55.0 Å². The van der Waals surface area contributed by atoms with Crippen molar-refractivity contribution in [2.45, 2.75) is 0 Å². The van der Waals surface area contributed by atoms with Crippen molar-refractivity contribution < 1.29 is 4.42 Å². The van der Waals surface area contributed by atoms with Crippen molar-refractivity contribution in [2.75, 3.05) is 0 Å². The van der Waals surface area contributed by atoms with Crippen LogP contribution in [0.25, 0.3) is 93.4 Å². The number of aromatic nitrogens is 2. The number of hydrogen-bond donors (Lipinski definition) is 0. The Bertz CT molecular complexity index is 2760. The highest BCUT2D eigenvalue weighted by molar-refractivity contribution is 6.25. The topological polar surface area (TPSA) is 31.0 Å². The van der Waals surface area contributed by atoms with Gasteiger partial charge in [-0.15, -0.1) is 0 Å². The summed E-state index contributed by atoms with van der Waals surface area (Å²) in [5.41, 5.74) is 11.0. The van der Waals surface area contributed by atoms with Crippen LogP contribution in [-0.2, 0) is 0 Å². The van der Waals surface area contributed by atoms with E-state index in [-0.39, 0.29) is 0 Å². The molecule has 0 atom stereocenters. The van der Waals surface area contributed by atoms with Crippen LogP contribution in [0, 0.1) is 0 Å². The van der Waals surface area contributed by atoms with Crippen molar-refractivity contribution in [3.05, 3.63) is 158 Å². The Morgan fingerprint density at radius 1 is 0.457 bits per heavy atom. The van der Waals surface area contributed by atoms with Gasteiger partial charge in [-0.1, -0.05) is 103 Å². The molecule has 214 valence electrons. The number of benzene rings is 7. The molecule has 0 fully saturated rings. The van der Waals surface area contributed by atoms with Crippen molar-refractivity contribution >= 4 is 65.4 Å². The van der Waals surface area contributed by atoms with E-state index < -0.39 is 0 Å². The third kappa shape index (κ3) is 3.63. The first kappa shape index (κ1) is 25.2. The molecule has 0 radical (unpaired) electrons. The molecule has 3 heteroatoms. The van der Waals surface area contributed by atoms with E-state index in [0.29, 0.717) is 0 Å². The van der Waals surface area contributed by atoms with E-state index in [1.807, 2.05) is 12.3 Å². The first-order valence-electron chi connectivity index (χ1n) is 15.6. The minimum Gasteiger partial charge on any atom is -0.456 e. The van der Waals surface area contributed by atoms with E-state index in [1.54, 1.807) is 0 Å². The molecule has 10 aromatic rings. The molecular weight excluding hydrogens is 560 g/mol. The Labute approximate surface area is 264 Å². The number of fused-ring (bicyclic) bond motifs is 9. The Kier molecular flexibility index (Phi) is 5.28. The number of furan rings is 1. The quantitative estimate of drug-likeness (QED) is 0.193. The molecule has 0 N–H and O–H groups in total. The van der Waals surface area contributed by atoms with Crippen LogP contribution in [0.3, 0.4) is 0 Å². The zero-order valence-electron chi connectivity index (χ0n) is 24.8. The van der Waals surface area contributed by atoms with E-state index in [4.69, 9.17) is 9.40 Å². The molecule has 0 saturated carbocycles. The van der Waals surface area contributed by atoms with Gasteiger partial charge in [-0.2, -0.15) is 0 Å². The van der Waals surface area contributed by atoms with Crippen LogP contribution >= 0.6 is 0 Å². The van der Waals surface area contributed by atoms with E-state index >= 15 is 0 Å². The SMILES string of the molecule is c1cc(-c2cccc(-n3c4ccccc4c4ccccc43)c2)cc(-c2c3c(cnc4ccccc43)cc3oc4ccccc4c23)c1. The molecule has 3 nitrogen and oxygen atoms in total. The van der Waals surface area contributed by atoms with Crippen LogP contribution in [0.5, 0.6) is 0 Å². The summed E-state index contributed by atoms with van der Waals surface area (Å²) < 4.78 is 8.82. The van der Waals surface area contributed by atoms with Crippen LogP contribution in [0.15, 0.2) is 162 Å². The molecule has 0 aliphatic rings. The van der Waals surface area contributed by atoms with Gasteiger partial charge in [0.05, 0.1) is 16.6 Å². The Hall–Kier alpha value is -6.19. The third-order valence-corrected chi connectivity index (χ3v) is 9.38. The summed E-state index contributed by atoms with van der Waals surface area (Å²) in [6, 6.07) is 54.1. The van der Waals surface area contributed by atoms with Crippen LogP contribution in [0.2, 0.25) is 0 Å². The number of hydrogen-bond acceptors (Lipinski definition) is 2. The maximum Gasteiger partial charge on any atom is 0.136 e. The molecule has 0 saturated heterocycles. The summed E-state index contributed by atoms with van der Waals surface area (Å²) in [4.78, 5) is 4.80. The predicted molar refractivity (Wildman–Crippen MR) is 192 cm³/mol. The predicted octanol–water partition coefficient (Wildman–Crippen LogP) is 11.7. The van der Waals surface area contributed by atoms with Gasteiger partial charge in [0.2, 0.25) is 0 Å². The summed E-state index contributed by atoms with van der Waals surface area (Å²) in [5, 5.41) is 8.18. The van der Waals surface area contributed by atoms with Crippen molar-refractivity contribution in [2.24, 2.45) is 0 Å². The Morgan fingerprint density at radius 3 is 1.89 bits per heavy atom. The van der Waals surface area contributed by atoms with E-state index in [9.17, 15) is 0 Å². The van der Waals surface area contributed by atoms with Gasteiger partial charge in [-0.05, 0) is 65.2 Å². The van der Waals surface area contributed by atoms with Crippen LogP contribution in [-0.4, -0.2) is 9.55 Å². The van der Waals surface area contributed by atoms with Gasteiger partial charge in [-0.25, -0.2) is 0 Å². The van der Waals surface area contributed by atoms with Crippen molar-refractivity contribution in [1.82, 2.24) is 9.55 Å². The van der Waals surface area contributed by atoms with Crippen LogP contribution < -0.4 is 0 Å². The molecule has 0 bridgehead atoms. The Morgan fingerprint density at radius 2 is 1.09 bits per heavy atom.